The predicted octanol–water partition coefficient (Wildman–Crippen LogP) is 12.4. The van der Waals surface area contributed by atoms with Crippen molar-refractivity contribution >= 4 is 13.8 Å². The molecule has 0 aromatic carbocycles. The SMILES string of the molecule is CC/C=C\C/C=C\C/C=C\C/C=C\CCCCCCCCCOCC(COP(=O)(O)OCCN)OC(=O)CCCCCCCCCCCCCCC. The van der Waals surface area contributed by atoms with Crippen LogP contribution in [0.2, 0.25) is 0 Å². The minimum atomic E-state index is -4.28. The van der Waals surface area contributed by atoms with Gasteiger partial charge in [-0.2, -0.15) is 0 Å². The third-order valence-electron chi connectivity index (χ3n) is 8.76. The smallest absolute Gasteiger partial charge is 0.457 e. The second-order valence-corrected chi connectivity index (χ2v) is 15.3. The number of phosphoric acid groups is 1. The molecule has 0 saturated heterocycles. The Morgan fingerprint density at radius 3 is 1.62 bits per heavy atom. The third-order valence-corrected chi connectivity index (χ3v) is 9.74. The zero-order chi connectivity index (χ0) is 38.1. The summed E-state index contributed by atoms with van der Waals surface area (Å²) in [6.45, 7) is 4.79. The molecule has 0 heterocycles. The number of rotatable bonds is 40. The Kier molecular flexibility index (Phi) is 39.4. The number of esters is 1. The van der Waals surface area contributed by atoms with Gasteiger partial charge in [0.15, 0.2) is 0 Å². The van der Waals surface area contributed by atoms with Gasteiger partial charge in [-0.25, -0.2) is 4.57 Å². The Labute approximate surface area is 320 Å². The van der Waals surface area contributed by atoms with E-state index < -0.39 is 13.9 Å². The second-order valence-electron chi connectivity index (χ2n) is 13.8. The van der Waals surface area contributed by atoms with Crippen LogP contribution < -0.4 is 5.73 Å². The average Bonchev–Trinajstić information content (AvgIpc) is 3.13. The summed E-state index contributed by atoms with van der Waals surface area (Å²) in [6.07, 6.45) is 46.9. The number of carbonyl (C=O) groups excluding carboxylic acids is 1. The Hall–Kier alpha value is -1.54. The summed E-state index contributed by atoms with van der Waals surface area (Å²) < 4.78 is 33.4. The maximum absolute atomic E-state index is 12.6. The van der Waals surface area contributed by atoms with Gasteiger partial charge in [0.05, 0.1) is 19.8 Å². The molecule has 0 amide bonds. The van der Waals surface area contributed by atoms with Crippen LogP contribution in [0.5, 0.6) is 0 Å². The molecule has 0 aromatic heterocycles. The van der Waals surface area contributed by atoms with Crippen molar-refractivity contribution in [2.24, 2.45) is 5.73 Å². The topological polar surface area (TPSA) is 117 Å². The van der Waals surface area contributed by atoms with E-state index >= 15 is 0 Å². The van der Waals surface area contributed by atoms with E-state index in [1.807, 2.05) is 0 Å². The molecule has 0 bridgehead atoms. The number of nitrogens with two attached hydrogens (primary N) is 1. The van der Waals surface area contributed by atoms with E-state index in [0.29, 0.717) is 13.0 Å². The van der Waals surface area contributed by atoms with Crippen molar-refractivity contribution in [2.75, 3.05) is 33.0 Å². The fourth-order valence-corrected chi connectivity index (χ4v) is 6.46. The number of unbranched alkanes of at least 4 members (excludes halogenated alkanes) is 19. The van der Waals surface area contributed by atoms with Gasteiger partial charge < -0.3 is 20.1 Å². The molecule has 0 aliphatic heterocycles. The lowest BCUT2D eigenvalue weighted by atomic mass is 10.0. The van der Waals surface area contributed by atoms with Gasteiger partial charge >= 0.3 is 13.8 Å². The minimum absolute atomic E-state index is 0.0978. The van der Waals surface area contributed by atoms with Crippen molar-refractivity contribution in [2.45, 2.75) is 187 Å². The normalized spacial score (nSPS) is 14.0. The summed E-state index contributed by atoms with van der Waals surface area (Å²) in [5.74, 6) is -0.335. The summed E-state index contributed by atoms with van der Waals surface area (Å²) in [6, 6.07) is 0. The van der Waals surface area contributed by atoms with Crippen molar-refractivity contribution in [3.05, 3.63) is 48.6 Å². The largest absolute Gasteiger partial charge is 0.472 e. The van der Waals surface area contributed by atoms with E-state index in [9.17, 15) is 14.3 Å². The Balaban J connectivity index is 4.04. The molecule has 0 rings (SSSR count). The monoisotopic (exact) mass is 754 g/mol. The van der Waals surface area contributed by atoms with Crippen LogP contribution in [0.15, 0.2) is 48.6 Å². The van der Waals surface area contributed by atoms with Crippen LogP contribution in [0.4, 0.5) is 0 Å². The highest BCUT2D eigenvalue weighted by Crippen LogP contribution is 2.43. The van der Waals surface area contributed by atoms with Gasteiger partial charge in [-0.3, -0.25) is 13.8 Å². The fourth-order valence-electron chi connectivity index (χ4n) is 5.69. The Morgan fingerprint density at radius 1 is 0.596 bits per heavy atom. The Bertz CT molecular complexity index is 936. The average molecular weight is 754 g/mol. The van der Waals surface area contributed by atoms with Crippen molar-refractivity contribution in [3.63, 3.8) is 0 Å². The molecule has 9 heteroatoms. The highest BCUT2D eigenvalue weighted by atomic mass is 31.2. The van der Waals surface area contributed by atoms with E-state index in [-0.39, 0.29) is 32.3 Å². The lowest BCUT2D eigenvalue weighted by Gasteiger charge is -2.20. The van der Waals surface area contributed by atoms with Crippen LogP contribution >= 0.6 is 7.82 Å². The molecule has 3 N–H and O–H groups in total. The second kappa shape index (κ2) is 40.6. The molecule has 0 aromatic rings. The van der Waals surface area contributed by atoms with Gasteiger partial charge in [-0.05, 0) is 51.4 Å². The highest BCUT2D eigenvalue weighted by molar-refractivity contribution is 7.47. The van der Waals surface area contributed by atoms with Crippen LogP contribution in [0.25, 0.3) is 0 Å². The van der Waals surface area contributed by atoms with E-state index in [1.165, 1.54) is 96.3 Å². The molecule has 0 aliphatic carbocycles. The molecule has 304 valence electrons. The van der Waals surface area contributed by atoms with E-state index in [1.54, 1.807) is 0 Å². The van der Waals surface area contributed by atoms with Crippen molar-refractivity contribution in [1.29, 1.82) is 0 Å². The lowest BCUT2D eigenvalue weighted by Crippen LogP contribution is -2.28. The first-order valence-electron chi connectivity index (χ1n) is 21.1. The summed E-state index contributed by atoms with van der Waals surface area (Å²) in [4.78, 5) is 22.4. The number of hydrogen-bond acceptors (Lipinski definition) is 7. The molecule has 52 heavy (non-hydrogen) atoms. The van der Waals surface area contributed by atoms with Gasteiger partial charge in [0.25, 0.3) is 0 Å². The predicted molar refractivity (Wildman–Crippen MR) is 219 cm³/mol. The number of hydrogen-bond donors (Lipinski definition) is 2. The maximum atomic E-state index is 12.6. The number of phosphoric ester groups is 1. The molecule has 0 spiro atoms. The van der Waals surface area contributed by atoms with Gasteiger partial charge in [-0.1, -0.05) is 172 Å². The van der Waals surface area contributed by atoms with Crippen LogP contribution in [0.1, 0.15) is 181 Å². The zero-order valence-electron chi connectivity index (χ0n) is 33.5. The third kappa shape index (κ3) is 39.7. The van der Waals surface area contributed by atoms with Gasteiger partial charge in [-0.15, -0.1) is 0 Å². The summed E-state index contributed by atoms with van der Waals surface area (Å²) in [5, 5.41) is 0. The van der Waals surface area contributed by atoms with Crippen LogP contribution in [0, 0.1) is 0 Å². The Morgan fingerprint density at radius 2 is 1.08 bits per heavy atom. The van der Waals surface area contributed by atoms with Gasteiger partial charge in [0.2, 0.25) is 0 Å². The first-order valence-corrected chi connectivity index (χ1v) is 22.6. The molecule has 8 nitrogen and oxygen atoms in total. The van der Waals surface area contributed by atoms with Crippen LogP contribution in [-0.4, -0.2) is 49.9 Å². The molecule has 2 atom stereocenters. The van der Waals surface area contributed by atoms with Gasteiger partial charge in [0.1, 0.15) is 6.10 Å². The van der Waals surface area contributed by atoms with Crippen LogP contribution in [-0.2, 0) is 27.9 Å². The standard InChI is InChI=1S/C43H80NO7P/c1-3-5-7-9-11-13-15-17-18-19-20-21-22-23-25-27-29-31-33-35-38-48-40-42(41-50-52(46,47)49-39-37-44)51-43(45)36-34-32-30-28-26-24-16-14-12-10-8-6-4-2/h5,7,11,13,17-18,20-21,42H,3-4,6,8-10,12,14-16,19,22-41,44H2,1-2H3,(H,46,47)/b7-5-,13-11-,18-17-,21-20-. The zero-order valence-corrected chi connectivity index (χ0v) is 34.4. The number of carbonyl (C=O) groups is 1. The fraction of sp³-hybridized carbons (Fsp3) is 0.791. The van der Waals surface area contributed by atoms with E-state index in [2.05, 4.69) is 62.5 Å². The van der Waals surface area contributed by atoms with Crippen molar-refractivity contribution < 1.29 is 32.8 Å². The summed E-state index contributed by atoms with van der Waals surface area (Å²) in [5.41, 5.74) is 5.36. The maximum Gasteiger partial charge on any atom is 0.472 e. The quantitative estimate of drug-likeness (QED) is 0.0275. The van der Waals surface area contributed by atoms with Crippen molar-refractivity contribution in [1.82, 2.24) is 0 Å². The molecule has 0 aliphatic rings. The minimum Gasteiger partial charge on any atom is -0.457 e. The molecule has 0 fully saturated rings. The van der Waals surface area contributed by atoms with Crippen molar-refractivity contribution in [3.8, 4) is 0 Å². The number of ether oxygens (including phenoxy) is 2. The first-order chi connectivity index (χ1) is 25.4. The van der Waals surface area contributed by atoms with Crippen LogP contribution in [0.3, 0.4) is 0 Å². The molecule has 0 saturated carbocycles. The summed E-state index contributed by atoms with van der Waals surface area (Å²) in [7, 11) is -4.28. The van der Waals surface area contributed by atoms with E-state index in [0.717, 1.165) is 64.2 Å². The molecular formula is C43H80NO7P. The lowest BCUT2D eigenvalue weighted by molar-refractivity contribution is -0.154. The summed E-state index contributed by atoms with van der Waals surface area (Å²) >= 11 is 0. The van der Waals surface area contributed by atoms with E-state index in [4.69, 9.17) is 24.3 Å². The molecule has 0 radical (unpaired) electrons. The van der Waals surface area contributed by atoms with Gasteiger partial charge in [0, 0.05) is 19.6 Å². The number of allylic oxidation sites excluding steroid dienone is 8. The molecular weight excluding hydrogens is 673 g/mol. The highest BCUT2D eigenvalue weighted by Gasteiger charge is 2.25. The molecule has 2 unspecified atom stereocenters. The first kappa shape index (κ1) is 50.5.